The van der Waals surface area contributed by atoms with Gasteiger partial charge in [-0.15, -0.1) is 10.2 Å². The second-order valence-corrected chi connectivity index (χ2v) is 4.48. The fourth-order valence-electron chi connectivity index (χ4n) is 1.79. The van der Waals surface area contributed by atoms with E-state index in [9.17, 15) is 4.79 Å². The first kappa shape index (κ1) is 13.0. The van der Waals surface area contributed by atoms with E-state index in [1.54, 1.807) is 44.2 Å². The van der Waals surface area contributed by atoms with Crippen LogP contribution in [0.25, 0.3) is 11.5 Å². The third-order valence-corrected chi connectivity index (χ3v) is 2.79. The minimum Gasteiger partial charge on any atom is -0.421 e. The van der Waals surface area contributed by atoms with Gasteiger partial charge in [0.1, 0.15) is 5.76 Å². The van der Waals surface area contributed by atoms with Gasteiger partial charge in [-0.25, -0.2) is 0 Å². The minimum atomic E-state index is -0.267. The average molecular weight is 284 g/mol. The lowest BCUT2D eigenvalue weighted by atomic mass is 10.1. The highest BCUT2D eigenvalue weighted by atomic mass is 16.5. The number of nitrogens with zero attached hydrogens (tertiary/aromatic N) is 3. The summed E-state index contributed by atoms with van der Waals surface area (Å²) in [6.07, 6.45) is 0. The number of benzene rings is 1. The highest BCUT2D eigenvalue weighted by Gasteiger charge is 2.11. The summed E-state index contributed by atoms with van der Waals surface area (Å²) >= 11 is 0. The lowest BCUT2D eigenvalue weighted by molar-refractivity contribution is 0.102. The number of carbonyl (C=O) groups is 1. The van der Waals surface area contributed by atoms with Crippen molar-refractivity contribution in [2.24, 2.45) is 0 Å². The summed E-state index contributed by atoms with van der Waals surface area (Å²) in [5.74, 6) is 1.66. The first-order chi connectivity index (χ1) is 10.1. The molecule has 0 aliphatic rings. The molecule has 7 heteroatoms. The smallest absolute Gasteiger partial charge is 0.256 e. The second kappa shape index (κ2) is 5.20. The Balaban J connectivity index is 1.76. The standard InChI is InChI=1S/C14H12N4O3/c1-8-7-12(18-21-8)15-13(19)10-3-5-11(6-4-10)14-17-16-9(2)20-14/h3-7H,1-2H3,(H,15,18,19). The number of amides is 1. The van der Waals surface area contributed by atoms with Gasteiger partial charge in [-0.2, -0.15) is 0 Å². The van der Waals surface area contributed by atoms with Gasteiger partial charge in [0.05, 0.1) is 0 Å². The molecule has 106 valence electrons. The predicted molar refractivity (Wildman–Crippen MR) is 73.7 cm³/mol. The van der Waals surface area contributed by atoms with Crippen LogP contribution in [0.3, 0.4) is 0 Å². The molecule has 0 unspecified atom stereocenters. The highest BCUT2D eigenvalue weighted by Crippen LogP contribution is 2.18. The topological polar surface area (TPSA) is 94.1 Å². The van der Waals surface area contributed by atoms with E-state index in [0.29, 0.717) is 28.9 Å². The summed E-state index contributed by atoms with van der Waals surface area (Å²) in [7, 11) is 0. The normalized spacial score (nSPS) is 10.6. The van der Waals surface area contributed by atoms with Crippen LogP contribution in [-0.4, -0.2) is 21.3 Å². The monoisotopic (exact) mass is 284 g/mol. The maximum atomic E-state index is 12.0. The molecular formula is C14H12N4O3. The summed E-state index contributed by atoms with van der Waals surface area (Å²) in [5.41, 5.74) is 1.25. The van der Waals surface area contributed by atoms with E-state index in [4.69, 9.17) is 8.94 Å². The maximum absolute atomic E-state index is 12.0. The Bertz CT molecular complexity index is 774. The van der Waals surface area contributed by atoms with Crippen molar-refractivity contribution in [2.45, 2.75) is 13.8 Å². The van der Waals surface area contributed by atoms with Gasteiger partial charge >= 0.3 is 0 Å². The van der Waals surface area contributed by atoms with Crippen molar-refractivity contribution >= 4 is 11.7 Å². The summed E-state index contributed by atoms with van der Waals surface area (Å²) in [5, 5.41) is 14.0. The van der Waals surface area contributed by atoms with Gasteiger partial charge in [-0.05, 0) is 31.2 Å². The van der Waals surface area contributed by atoms with Gasteiger partial charge in [0.25, 0.3) is 5.91 Å². The lowest BCUT2D eigenvalue weighted by Crippen LogP contribution is -2.11. The molecule has 3 rings (SSSR count). The van der Waals surface area contributed by atoms with Crippen molar-refractivity contribution in [3.63, 3.8) is 0 Å². The number of aromatic nitrogens is 3. The molecule has 0 aliphatic heterocycles. The zero-order valence-corrected chi connectivity index (χ0v) is 11.5. The number of aryl methyl sites for hydroxylation is 2. The van der Waals surface area contributed by atoms with Crippen molar-refractivity contribution in [1.82, 2.24) is 15.4 Å². The Kier molecular flexibility index (Phi) is 3.23. The molecule has 1 amide bonds. The third kappa shape index (κ3) is 2.81. The van der Waals surface area contributed by atoms with E-state index in [2.05, 4.69) is 20.7 Å². The number of nitrogens with one attached hydrogen (secondary N) is 1. The molecule has 2 heterocycles. The van der Waals surface area contributed by atoms with Crippen molar-refractivity contribution < 1.29 is 13.7 Å². The Morgan fingerprint density at radius 3 is 2.48 bits per heavy atom. The van der Waals surface area contributed by atoms with E-state index in [1.165, 1.54) is 0 Å². The fraction of sp³-hybridized carbons (Fsp3) is 0.143. The Hall–Kier alpha value is -2.96. The molecule has 0 aliphatic carbocycles. The second-order valence-electron chi connectivity index (χ2n) is 4.48. The number of hydrogen-bond acceptors (Lipinski definition) is 6. The third-order valence-electron chi connectivity index (χ3n) is 2.79. The Labute approximate surface area is 120 Å². The molecule has 0 radical (unpaired) electrons. The van der Waals surface area contributed by atoms with Gasteiger partial charge in [-0.1, -0.05) is 5.16 Å². The van der Waals surface area contributed by atoms with Crippen LogP contribution in [0.1, 0.15) is 22.0 Å². The number of anilines is 1. The van der Waals surface area contributed by atoms with Crippen LogP contribution in [0.4, 0.5) is 5.82 Å². The summed E-state index contributed by atoms with van der Waals surface area (Å²) in [6, 6.07) is 8.49. The molecule has 1 N–H and O–H groups in total. The molecule has 3 aromatic rings. The van der Waals surface area contributed by atoms with Crippen LogP contribution in [-0.2, 0) is 0 Å². The van der Waals surface area contributed by atoms with Gasteiger partial charge in [0.2, 0.25) is 11.8 Å². The van der Waals surface area contributed by atoms with Gasteiger partial charge in [-0.3, -0.25) is 4.79 Å². The Morgan fingerprint density at radius 2 is 1.90 bits per heavy atom. The predicted octanol–water partition coefficient (Wildman–Crippen LogP) is 2.59. The highest BCUT2D eigenvalue weighted by molar-refractivity contribution is 6.03. The Morgan fingerprint density at radius 1 is 1.14 bits per heavy atom. The number of hydrogen-bond donors (Lipinski definition) is 1. The SMILES string of the molecule is Cc1cc(NC(=O)c2ccc(-c3nnc(C)o3)cc2)no1. The zero-order valence-electron chi connectivity index (χ0n) is 11.5. The molecule has 1 aromatic carbocycles. The van der Waals surface area contributed by atoms with E-state index >= 15 is 0 Å². The van der Waals surface area contributed by atoms with E-state index < -0.39 is 0 Å². The lowest BCUT2D eigenvalue weighted by Gasteiger charge is -2.01. The van der Waals surface area contributed by atoms with Gasteiger partial charge in [0, 0.05) is 24.1 Å². The molecule has 2 aromatic heterocycles. The van der Waals surface area contributed by atoms with Crippen molar-refractivity contribution in [1.29, 1.82) is 0 Å². The molecule has 0 saturated heterocycles. The molecule has 0 spiro atoms. The van der Waals surface area contributed by atoms with Crippen LogP contribution in [0.15, 0.2) is 39.3 Å². The number of carbonyl (C=O) groups excluding carboxylic acids is 1. The van der Waals surface area contributed by atoms with Crippen LogP contribution < -0.4 is 5.32 Å². The van der Waals surface area contributed by atoms with E-state index in [0.717, 1.165) is 5.56 Å². The molecule has 0 bridgehead atoms. The van der Waals surface area contributed by atoms with Gasteiger partial charge in [0.15, 0.2) is 5.82 Å². The van der Waals surface area contributed by atoms with Crippen molar-refractivity contribution in [3.05, 3.63) is 47.5 Å². The van der Waals surface area contributed by atoms with E-state index in [-0.39, 0.29) is 5.91 Å². The minimum absolute atomic E-state index is 0.267. The largest absolute Gasteiger partial charge is 0.421 e. The fourth-order valence-corrected chi connectivity index (χ4v) is 1.79. The quantitative estimate of drug-likeness (QED) is 0.794. The molecule has 0 atom stereocenters. The summed E-state index contributed by atoms with van der Waals surface area (Å²) in [6.45, 7) is 3.47. The van der Waals surface area contributed by atoms with Crippen LogP contribution in [0.2, 0.25) is 0 Å². The number of rotatable bonds is 3. The van der Waals surface area contributed by atoms with Crippen LogP contribution in [0.5, 0.6) is 0 Å². The van der Waals surface area contributed by atoms with E-state index in [1.807, 2.05) is 0 Å². The first-order valence-corrected chi connectivity index (χ1v) is 6.27. The van der Waals surface area contributed by atoms with Crippen LogP contribution in [0, 0.1) is 13.8 Å². The van der Waals surface area contributed by atoms with Crippen molar-refractivity contribution in [3.8, 4) is 11.5 Å². The molecule has 0 fully saturated rings. The summed E-state index contributed by atoms with van der Waals surface area (Å²) < 4.78 is 10.2. The summed E-state index contributed by atoms with van der Waals surface area (Å²) in [4.78, 5) is 12.0. The molecule has 21 heavy (non-hydrogen) atoms. The first-order valence-electron chi connectivity index (χ1n) is 6.27. The average Bonchev–Trinajstić information content (AvgIpc) is 3.08. The molecular weight excluding hydrogens is 272 g/mol. The van der Waals surface area contributed by atoms with Crippen LogP contribution >= 0.6 is 0 Å². The van der Waals surface area contributed by atoms with Gasteiger partial charge < -0.3 is 14.3 Å². The zero-order chi connectivity index (χ0) is 14.8. The molecule has 7 nitrogen and oxygen atoms in total. The maximum Gasteiger partial charge on any atom is 0.256 e. The molecule has 0 saturated carbocycles. The van der Waals surface area contributed by atoms with Crippen molar-refractivity contribution in [2.75, 3.05) is 5.32 Å².